The van der Waals surface area contributed by atoms with Crippen LogP contribution in [0.25, 0.3) is 0 Å². The number of carboxylic acid groups (broad SMARTS) is 1. The lowest BCUT2D eigenvalue weighted by Gasteiger charge is -2.24. The van der Waals surface area contributed by atoms with Gasteiger partial charge in [-0.05, 0) is 24.3 Å². The molecular formula is C14H11BrNO4-. The maximum Gasteiger partial charge on any atom is 0.231 e. The van der Waals surface area contributed by atoms with Gasteiger partial charge in [0.25, 0.3) is 0 Å². The number of hydrogen-bond acceptors (Lipinski definition) is 4. The molecule has 0 unspecified atom stereocenters. The monoisotopic (exact) mass is 336 g/mol. The molecule has 4 atom stereocenters. The van der Waals surface area contributed by atoms with Gasteiger partial charge in [0.1, 0.15) is 0 Å². The van der Waals surface area contributed by atoms with Crippen molar-refractivity contribution in [2.45, 2.75) is 12.2 Å². The molecule has 0 aromatic heterocycles. The first-order valence-electron chi connectivity index (χ1n) is 6.17. The van der Waals surface area contributed by atoms with E-state index in [4.69, 9.17) is 4.74 Å². The lowest BCUT2D eigenvalue weighted by Crippen LogP contribution is -2.45. The molecule has 2 bridgehead atoms. The highest BCUT2D eigenvalue weighted by Crippen LogP contribution is 2.39. The Bertz CT molecular complexity index is 583. The molecule has 2 heterocycles. The molecule has 1 aromatic carbocycles. The maximum atomic E-state index is 12.3. The number of hydrogen-bond donors (Lipinski definition) is 1. The second kappa shape index (κ2) is 5.03. The molecule has 1 fully saturated rings. The summed E-state index contributed by atoms with van der Waals surface area (Å²) in [6.45, 7) is 0. The molecule has 2 aliphatic heterocycles. The van der Waals surface area contributed by atoms with Crippen LogP contribution in [0.15, 0.2) is 40.9 Å². The lowest BCUT2D eigenvalue weighted by atomic mass is 9.82. The normalized spacial score (nSPS) is 30.4. The minimum atomic E-state index is -1.25. The van der Waals surface area contributed by atoms with Crippen molar-refractivity contribution in [2.75, 3.05) is 5.32 Å². The topological polar surface area (TPSA) is 78.5 Å². The van der Waals surface area contributed by atoms with Gasteiger partial charge in [0.2, 0.25) is 5.91 Å². The number of ether oxygens (including phenoxy) is 1. The second-order valence-corrected chi connectivity index (χ2v) is 5.73. The zero-order valence-electron chi connectivity index (χ0n) is 10.3. The van der Waals surface area contributed by atoms with Gasteiger partial charge in [-0.2, -0.15) is 0 Å². The number of carbonyl (C=O) groups excluding carboxylic acids is 2. The number of nitrogens with one attached hydrogen (secondary N) is 1. The summed E-state index contributed by atoms with van der Waals surface area (Å²) in [4.78, 5) is 23.5. The number of fused-ring (bicyclic) bond motifs is 2. The van der Waals surface area contributed by atoms with E-state index in [1.165, 1.54) is 0 Å². The zero-order chi connectivity index (χ0) is 14.3. The van der Waals surface area contributed by atoms with Crippen molar-refractivity contribution >= 4 is 33.5 Å². The van der Waals surface area contributed by atoms with Gasteiger partial charge < -0.3 is 20.0 Å². The number of amides is 1. The van der Waals surface area contributed by atoms with E-state index >= 15 is 0 Å². The molecule has 1 N–H and O–H groups in total. The summed E-state index contributed by atoms with van der Waals surface area (Å²) in [6, 6.07) is 7.06. The van der Waals surface area contributed by atoms with Crippen LogP contribution in [0.2, 0.25) is 0 Å². The van der Waals surface area contributed by atoms with Crippen LogP contribution < -0.4 is 10.4 Å². The fourth-order valence-electron chi connectivity index (χ4n) is 2.66. The predicted molar refractivity (Wildman–Crippen MR) is 72.6 cm³/mol. The second-order valence-electron chi connectivity index (χ2n) is 4.82. The van der Waals surface area contributed by atoms with Crippen molar-refractivity contribution < 1.29 is 19.4 Å². The summed E-state index contributed by atoms with van der Waals surface area (Å²) >= 11 is 3.31. The minimum absolute atomic E-state index is 0.363. The van der Waals surface area contributed by atoms with Crippen LogP contribution in [0.1, 0.15) is 0 Å². The Balaban J connectivity index is 1.78. The number of anilines is 1. The number of carbonyl (C=O) groups is 2. The molecular weight excluding hydrogens is 326 g/mol. The van der Waals surface area contributed by atoms with Gasteiger partial charge in [0.15, 0.2) is 0 Å². The Hall–Kier alpha value is -1.66. The van der Waals surface area contributed by atoms with E-state index in [1.807, 2.05) is 0 Å². The first kappa shape index (κ1) is 13.3. The van der Waals surface area contributed by atoms with Gasteiger partial charge >= 0.3 is 0 Å². The van der Waals surface area contributed by atoms with Crippen molar-refractivity contribution in [3.8, 4) is 0 Å². The fraction of sp³-hybridized carbons (Fsp3) is 0.286. The molecule has 20 heavy (non-hydrogen) atoms. The number of aliphatic carboxylic acids is 1. The summed E-state index contributed by atoms with van der Waals surface area (Å²) in [7, 11) is 0. The van der Waals surface area contributed by atoms with Crippen molar-refractivity contribution in [1.29, 1.82) is 0 Å². The zero-order valence-corrected chi connectivity index (χ0v) is 11.9. The largest absolute Gasteiger partial charge is 0.550 e. The smallest absolute Gasteiger partial charge is 0.231 e. The fourth-order valence-corrected chi connectivity index (χ4v) is 2.92. The SMILES string of the molecule is O=C([O-])[C@@H]1[C@@H](C(=O)Nc2ccc(Br)cc2)[C@H]2C=C[C@@H]1O2. The van der Waals surface area contributed by atoms with Gasteiger partial charge in [-0.1, -0.05) is 28.1 Å². The molecule has 6 heteroatoms. The highest BCUT2D eigenvalue weighted by molar-refractivity contribution is 9.10. The average Bonchev–Trinajstić information content (AvgIpc) is 3.01. The molecule has 1 amide bonds. The van der Waals surface area contributed by atoms with E-state index in [9.17, 15) is 14.7 Å². The standard InChI is InChI=1S/C14H12BrNO4/c15-7-1-3-8(4-2-7)16-13(17)11-9-5-6-10(20-9)12(11)14(18)19/h1-6,9-12H,(H,16,17)(H,18,19)/p-1/t9-,10+,11+,12+/m1/s1. The molecule has 1 saturated heterocycles. The predicted octanol–water partition coefficient (Wildman–Crippen LogP) is 0.707. The Morgan fingerprint density at radius 2 is 1.70 bits per heavy atom. The summed E-state index contributed by atoms with van der Waals surface area (Å²) in [5.41, 5.74) is 0.613. The van der Waals surface area contributed by atoms with E-state index in [0.717, 1.165) is 4.47 Å². The molecule has 0 aliphatic carbocycles. The molecule has 0 spiro atoms. The first-order chi connectivity index (χ1) is 9.56. The minimum Gasteiger partial charge on any atom is -0.550 e. The number of carboxylic acids is 1. The quantitative estimate of drug-likeness (QED) is 0.824. The molecule has 2 aliphatic rings. The van der Waals surface area contributed by atoms with E-state index in [-0.39, 0.29) is 5.91 Å². The van der Waals surface area contributed by atoms with Crippen LogP contribution >= 0.6 is 15.9 Å². The van der Waals surface area contributed by atoms with E-state index in [0.29, 0.717) is 5.69 Å². The number of halogens is 1. The summed E-state index contributed by atoms with van der Waals surface area (Å²) in [5, 5.41) is 13.9. The maximum absolute atomic E-state index is 12.3. The van der Waals surface area contributed by atoms with Gasteiger partial charge in [-0.25, -0.2) is 0 Å². The van der Waals surface area contributed by atoms with E-state index < -0.39 is 30.0 Å². The van der Waals surface area contributed by atoms with Gasteiger partial charge in [0, 0.05) is 22.0 Å². The van der Waals surface area contributed by atoms with Crippen molar-refractivity contribution in [1.82, 2.24) is 0 Å². The van der Waals surface area contributed by atoms with Gasteiger partial charge in [-0.3, -0.25) is 4.79 Å². The molecule has 5 nitrogen and oxygen atoms in total. The van der Waals surface area contributed by atoms with Crippen molar-refractivity contribution in [3.05, 3.63) is 40.9 Å². The van der Waals surface area contributed by atoms with Crippen molar-refractivity contribution in [3.63, 3.8) is 0 Å². The average molecular weight is 337 g/mol. The summed E-state index contributed by atoms with van der Waals surface area (Å²) < 4.78 is 6.33. The molecule has 104 valence electrons. The Morgan fingerprint density at radius 1 is 1.10 bits per heavy atom. The Labute approximate surface area is 123 Å². The van der Waals surface area contributed by atoms with Crippen LogP contribution in [-0.4, -0.2) is 24.1 Å². The van der Waals surface area contributed by atoms with Gasteiger partial charge in [-0.15, -0.1) is 0 Å². The Morgan fingerprint density at radius 3 is 2.30 bits per heavy atom. The number of rotatable bonds is 3. The highest BCUT2D eigenvalue weighted by Gasteiger charge is 2.50. The van der Waals surface area contributed by atoms with Gasteiger partial charge in [0.05, 0.1) is 18.1 Å². The van der Waals surface area contributed by atoms with Crippen molar-refractivity contribution in [2.24, 2.45) is 11.8 Å². The van der Waals surface area contributed by atoms with Crippen LogP contribution in [0.5, 0.6) is 0 Å². The number of benzene rings is 1. The Kier molecular flexibility index (Phi) is 3.35. The third-order valence-electron chi connectivity index (χ3n) is 3.59. The third-order valence-corrected chi connectivity index (χ3v) is 4.11. The van der Waals surface area contributed by atoms with Crippen LogP contribution in [0.3, 0.4) is 0 Å². The highest BCUT2D eigenvalue weighted by atomic mass is 79.9. The third kappa shape index (κ3) is 2.25. The molecule has 0 saturated carbocycles. The summed E-state index contributed by atoms with van der Waals surface area (Å²) in [6.07, 6.45) is 2.36. The summed E-state index contributed by atoms with van der Waals surface area (Å²) in [5.74, 6) is -3.30. The van der Waals surface area contributed by atoms with E-state index in [2.05, 4.69) is 21.2 Å². The first-order valence-corrected chi connectivity index (χ1v) is 6.96. The lowest BCUT2D eigenvalue weighted by molar-refractivity contribution is -0.313. The molecule has 0 radical (unpaired) electrons. The van der Waals surface area contributed by atoms with Crippen LogP contribution in [0, 0.1) is 11.8 Å². The van der Waals surface area contributed by atoms with E-state index in [1.54, 1.807) is 36.4 Å². The molecule has 3 rings (SSSR count). The van der Waals surface area contributed by atoms with Crippen LogP contribution in [0.4, 0.5) is 5.69 Å². The molecule has 1 aromatic rings. The van der Waals surface area contributed by atoms with Crippen LogP contribution in [-0.2, 0) is 14.3 Å².